The summed E-state index contributed by atoms with van der Waals surface area (Å²) in [7, 11) is 1.38. The molecule has 0 unspecified atom stereocenters. The van der Waals surface area contributed by atoms with Crippen LogP contribution < -0.4 is 0 Å². The Morgan fingerprint density at radius 2 is 2.24 bits per heavy atom. The summed E-state index contributed by atoms with van der Waals surface area (Å²) in [5.41, 5.74) is 0.744. The van der Waals surface area contributed by atoms with Crippen LogP contribution in [0.1, 0.15) is 46.0 Å². The van der Waals surface area contributed by atoms with Gasteiger partial charge in [0.15, 0.2) is 0 Å². The Labute approximate surface area is 103 Å². The van der Waals surface area contributed by atoms with E-state index < -0.39 is 0 Å². The van der Waals surface area contributed by atoms with Crippen LogP contribution in [0.5, 0.6) is 0 Å². The second-order valence-corrected chi connectivity index (χ2v) is 5.35. The minimum absolute atomic E-state index is 0.235. The number of rotatable bonds is 4. The maximum atomic E-state index is 12.1. The van der Waals surface area contributed by atoms with Gasteiger partial charge in [-0.3, -0.25) is 9.59 Å². The zero-order valence-electron chi connectivity index (χ0n) is 11.0. The number of ketones is 1. The minimum Gasteiger partial charge on any atom is -0.469 e. The molecule has 3 nitrogen and oxygen atoms in total. The molecule has 0 aliphatic heterocycles. The van der Waals surface area contributed by atoms with Crippen LogP contribution in [0, 0.1) is 11.3 Å². The van der Waals surface area contributed by atoms with E-state index in [1.165, 1.54) is 7.11 Å². The third kappa shape index (κ3) is 3.42. The third-order valence-electron chi connectivity index (χ3n) is 3.96. The van der Waals surface area contributed by atoms with Crippen LogP contribution in [0.3, 0.4) is 0 Å². The second kappa shape index (κ2) is 5.48. The van der Waals surface area contributed by atoms with Crippen LogP contribution in [-0.4, -0.2) is 18.9 Å². The summed E-state index contributed by atoms with van der Waals surface area (Å²) in [6, 6.07) is 0. The Morgan fingerprint density at radius 1 is 1.59 bits per heavy atom. The lowest BCUT2D eigenvalue weighted by Gasteiger charge is -2.36. The fourth-order valence-electron chi connectivity index (χ4n) is 2.37. The van der Waals surface area contributed by atoms with E-state index in [9.17, 15) is 9.59 Å². The first kappa shape index (κ1) is 13.9. The van der Waals surface area contributed by atoms with Gasteiger partial charge in [-0.2, -0.15) is 0 Å². The van der Waals surface area contributed by atoms with Crippen LogP contribution >= 0.6 is 0 Å². The van der Waals surface area contributed by atoms with Gasteiger partial charge in [0, 0.05) is 18.3 Å². The molecule has 0 amide bonds. The van der Waals surface area contributed by atoms with E-state index in [2.05, 4.69) is 11.3 Å². The molecule has 1 fully saturated rings. The van der Waals surface area contributed by atoms with Crippen molar-refractivity contribution in [3.8, 4) is 0 Å². The number of allylic oxidation sites excluding steroid dienone is 1. The molecule has 0 radical (unpaired) electrons. The zero-order valence-corrected chi connectivity index (χ0v) is 11.0. The van der Waals surface area contributed by atoms with Crippen molar-refractivity contribution in [1.82, 2.24) is 0 Å². The number of hydrogen-bond donors (Lipinski definition) is 0. The summed E-state index contributed by atoms with van der Waals surface area (Å²) in [5, 5.41) is 0. The molecule has 0 N–H and O–H groups in total. The molecule has 1 saturated carbocycles. The summed E-state index contributed by atoms with van der Waals surface area (Å²) in [5.74, 6) is 0.357. The monoisotopic (exact) mass is 238 g/mol. The Hall–Kier alpha value is -1.12. The lowest BCUT2D eigenvalue weighted by Crippen LogP contribution is -2.35. The van der Waals surface area contributed by atoms with Gasteiger partial charge >= 0.3 is 5.97 Å². The molecular weight excluding hydrogens is 216 g/mol. The number of carbonyl (C=O) groups is 2. The number of ether oxygens (including phenoxy) is 1. The van der Waals surface area contributed by atoms with Crippen molar-refractivity contribution in [3.63, 3.8) is 0 Å². The Morgan fingerprint density at radius 3 is 2.71 bits per heavy atom. The summed E-state index contributed by atoms with van der Waals surface area (Å²) >= 11 is 0. The van der Waals surface area contributed by atoms with Crippen molar-refractivity contribution in [2.75, 3.05) is 7.11 Å². The van der Waals surface area contributed by atoms with E-state index in [0.717, 1.165) is 18.4 Å². The quantitative estimate of drug-likeness (QED) is 0.558. The Bertz CT molecular complexity index is 332. The van der Waals surface area contributed by atoms with Crippen LogP contribution in [0.4, 0.5) is 0 Å². The van der Waals surface area contributed by atoms with Crippen molar-refractivity contribution < 1.29 is 14.3 Å². The van der Waals surface area contributed by atoms with Crippen molar-refractivity contribution >= 4 is 11.8 Å². The van der Waals surface area contributed by atoms with Gasteiger partial charge in [-0.1, -0.05) is 19.1 Å². The van der Waals surface area contributed by atoms with E-state index in [0.29, 0.717) is 25.2 Å². The molecule has 0 heterocycles. The van der Waals surface area contributed by atoms with Crippen LogP contribution in [0.25, 0.3) is 0 Å². The highest BCUT2D eigenvalue weighted by atomic mass is 16.5. The predicted molar refractivity (Wildman–Crippen MR) is 66.5 cm³/mol. The number of esters is 1. The molecule has 96 valence electrons. The molecule has 1 aliphatic rings. The lowest BCUT2D eigenvalue weighted by atomic mass is 9.67. The summed E-state index contributed by atoms with van der Waals surface area (Å²) in [6.45, 7) is 7.87. The van der Waals surface area contributed by atoms with E-state index >= 15 is 0 Å². The van der Waals surface area contributed by atoms with Gasteiger partial charge in [-0.15, -0.1) is 0 Å². The smallest absolute Gasteiger partial charge is 0.305 e. The van der Waals surface area contributed by atoms with Gasteiger partial charge in [0.05, 0.1) is 7.11 Å². The van der Waals surface area contributed by atoms with Gasteiger partial charge in [0.25, 0.3) is 0 Å². The maximum Gasteiger partial charge on any atom is 0.305 e. The molecule has 0 saturated heterocycles. The normalized spacial score (nSPS) is 28.9. The van der Waals surface area contributed by atoms with E-state index in [1.54, 1.807) is 0 Å². The molecule has 0 aromatic carbocycles. The minimum atomic E-state index is -0.347. The topological polar surface area (TPSA) is 43.4 Å². The molecule has 2 atom stereocenters. The van der Waals surface area contributed by atoms with Crippen LogP contribution in [0.15, 0.2) is 12.2 Å². The first-order chi connectivity index (χ1) is 7.89. The maximum absolute atomic E-state index is 12.1. The second-order valence-electron chi connectivity index (χ2n) is 5.35. The largest absolute Gasteiger partial charge is 0.469 e. The molecular formula is C14H22O3. The SMILES string of the molecule is C=C(C)[C@@H]1CC[C@](C)(CCC(=O)OC)C(=O)C1. The first-order valence-electron chi connectivity index (χ1n) is 6.14. The van der Waals surface area contributed by atoms with Crippen LogP contribution in [-0.2, 0) is 14.3 Å². The summed E-state index contributed by atoms with van der Waals surface area (Å²) < 4.78 is 4.62. The molecule has 17 heavy (non-hydrogen) atoms. The van der Waals surface area contributed by atoms with Gasteiger partial charge in [0.1, 0.15) is 5.78 Å². The number of hydrogen-bond acceptors (Lipinski definition) is 3. The Kier molecular flexibility index (Phi) is 4.49. The first-order valence-corrected chi connectivity index (χ1v) is 6.14. The molecule has 0 aromatic heterocycles. The standard InChI is InChI=1S/C14H22O3/c1-10(2)11-5-7-14(3,12(15)9-11)8-6-13(16)17-4/h11H,1,5-9H2,2-4H3/t11-,14-/m1/s1. The highest BCUT2D eigenvalue weighted by Crippen LogP contribution is 2.41. The van der Waals surface area contributed by atoms with E-state index in [1.807, 2.05) is 13.8 Å². The Balaban J connectivity index is 2.57. The molecule has 1 rings (SSSR count). The predicted octanol–water partition coefficient (Wildman–Crippen LogP) is 2.89. The van der Waals surface area contributed by atoms with Crippen molar-refractivity contribution in [3.05, 3.63) is 12.2 Å². The fourth-order valence-corrected chi connectivity index (χ4v) is 2.37. The summed E-state index contributed by atoms with van der Waals surface area (Å²) in [4.78, 5) is 23.3. The number of methoxy groups -OCH3 is 1. The molecule has 3 heteroatoms. The zero-order chi connectivity index (χ0) is 13.1. The van der Waals surface area contributed by atoms with Gasteiger partial charge < -0.3 is 4.74 Å². The van der Waals surface area contributed by atoms with Crippen molar-refractivity contribution in [1.29, 1.82) is 0 Å². The van der Waals surface area contributed by atoms with Crippen molar-refractivity contribution in [2.24, 2.45) is 11.3 Å². The number of carbonyl (C=O) groups excluding carboxylic acids is 2. The third-order valence-corrected chi connectivity index (χ3v) is 3.96. The molecule has 0 aromatic rings. The molecule has 0 spiro atoms. The average molecular weight is 238 g/mol. The fraction of sp³-hybridized carbons (Fsp3) is 0.714. The van der Waals surface area contributed by atoms with Crippen molar-refractivity contribution in [2.45, 2.75) is 46.0 Å². The van der Waals surface area contributed by atoms with E-state index in [-0.39, 0.29) is 17.2 Å². The molecule has 1 aliphatic carbocycles. The average Bonchev–Trinajstić information content (AvgIpc) is 2.29. The lowest BCUT2D eigenvalue weighted by molar-refractivity contribution is -0.142. The van der Waals surface area contributed by atoms with Gasteiger partial charge in [0.2, 0.25) is 0 Å². The molecule has 0 bridgehead atoms. The highest BCUT2D eigenvalue weighted by Gasteiger charge is 2.38. The highest BCUT2D eigenvalue weighted by molar-refractivity contribution is 5.86. The van der Waals surface area contributed by atoms with Gasteiger partial charge in [-0.25, -0.2) is 0 Å². The summed E-state index contributed by atoms with van der Waals surface area (Å²) in [6.07, 6.45) is 3.35. The van der Waals surface area contributed by atoms with E-state index in [4.69, 9.17) is 0 Å². The van der Waals surface area contributed by atoms with Gasteiger partial charge in [-0.05, 0) is 32.1 Å². The van der Waals surface area contributed by atoms with Crippen LogP contribution in [0.2, 0.25) is 0 Å². The number of Topliss-reactive ketones (excluding diaryl/α,β-unsaturated/α-hetero) is 1.